The number of aromatic carboxylic acids is 1. The van der Waals surface area contributed by atoms with Crippen LogP contribution in [0.5, 0.6) is 11.5 Å². The number of hydrogen-bond acceptors (Lipinski definition) is 5. The van der Waals surface area contributed by atoms with Crippen molar-refractivity contribution in [2.24, 2.45) is 0 Å². The second kappa shape index (κ2) is 3.55. The van der Waals surface area contributed by atoms with E-state index < -0.39 is 19.2 Å². The maximum absolute atomic E-state index is 10.9. The highest BCUT2D eigenvalue weighted by Gasteiger charge is 2.34. The van der Waals surface area contributed by atoms with Gasteiger partial charge in [-0.15, -0.1) is 0 Å². The van der Waals surface area contributed by atoms with Gasteiger partial charge in [-0.25, -0.2) is 4.79 Å². The van der Waals surface area contributed by atoms with E-state index >= 15 is 0 Å². The lowest BCUT2D eigenvalue weighted by Crippen LogP contribution is -2.51. The van der Waals surface area contributed by atoms with Gasteiger partial charge in [-0.1, -0.05) is 11.6 Å². The molecule has 86 valence electrons. The predicted octanol–water partition coefficient (Wildman–Crippen LogP) is 0.272. The summed E-state index contributed by atoms with van der Waals surface area (Å²) in [5.41, 5.74) is -0.242. The number of halogens is 1. The molecule has 16 heavy (non-hydrogen) atoms. The fraction of sp³-hybridized carbons (Fsp3) is 0.125. The summed E-state index contributed by atoms with van der Waals surface area (Å²) in [6, 6.07) is 2.53. The molecule has 1 aliphatic rings. The molecule has 0 bridgehead atoms. The Hall–Kier alpha value is -1.44. The Balaban J connectivity index is 2.58. The van der Waals surface area contributed by atoms with Crippen LogP contribution in [0.15, 0.2) is 12.1 Å². The fourth-order valence-electron chi connectivity index (χ4n) is 1.37. The zero-order chi connectivity index (χ0) is 11.9. The third kappa shape index (κ3) is 1.80. The van der Waals surface area contributed by atoms with Crippen molar-refractivity contribution in [1.29, 1.82) is 0 Å². The minimum Gasteiger partial charge on any atom is -0.665 e. The molecular formula is C8H7BClO6-. The summed E-state index contributed by atoms with van der Waals surface area (Å²) in [5, 5.41) is 27.5. The van der Waals surface area contributed by atoms with Crippen molar-refractivity contribution in [2.75, 3.05) is 6.51 Å². The molecule has 2 rings (SSSR count). The van der Waals surface area contributed by atoms with Gasteiger partial charge >= 0.3 is 12.7 Å². The van der Waals surface area contributed by atoms with Crippen LogP contribution in [0.2, 0.25) is 5.02 Å². The summed E-state index contributed by atoms with van der Waals surface area (Å²) < 4.78 is 9.74. The van der Waals surface area contributed by atoms with E-state index in [1.54, 1.807) is 0 Å². The van der Waals surface area contributed by atoms with E-state index in [1.165, 1.54) is 12.1 Å². The lowest BCUT2D eigenvalue weighted by atomic mass is 9.80. The van der Waals surface area contributed by atoms with E-state index in [4.69, 9.17) is 26.1 Å². The zero-order valence-corrected chi connectivity index (χ0v) is 8.64. The first-order chi connectivity index (χ1) is 7.41. The molecule has 8 heteroatoms. The van der Waals surface area contributed by atoms with Crippen molar-refractivity contribution in [3.05, 3.63) is 22.7 Å². The van der Waals surface area contributed by atoms with E-state index in [9.17, 15) is 14.8 Å². The standard InChI is InChI=1S/C8H7BClO6/c10-5-2-1-4(8(11)12)6-7(5)15-3-9(13,14)16-6/h1-2,13-14H,3H2,(H,11,12)/q-1. The van der Waals surface area contributed by atoms with Crippen LogP contribution < -0.4 is 9.39 Å². The molecule has 1 aromatic carbocycles. The van der Waals surface area contributed by atoms with Crippen molar-refractivity contribution in [1.82, 2.24) is 0 Å². The van der Waals surface area contributed by atoms with Crippen LogP contribution in [-0.2, 0) is 0 Å². The molecule has 0 unspecified atom stereocenters. The third-order valence-electron chi connectivity index (χ3n) is 2.05. The van der Waals surface area contributed by atoms with E-state index in [1.807, 2.05) is 0 Å². The third-order valence-corrected chi connectivity index (χ3v) is 2.34. The highest BCUT2D eigenvalue weighted by atomic mass is 35.5. The summed E-state index contributed by atoms with van der Waals surface area (Å²) in [6.45, 7) is -3.69. The lowest BCUT2D eigenvalue weighted by molar-refractivity contribution is 0.0691. The van der Waals surface area contributed by atoms with Crippen molar-refractivity contribution in [2.45, 2.75) is 0 Å². The SMILES string of the molecule is O=C(O)c1ccc(Cl)c2c1O[B-](O)(O)CO2. The molecule has 1 aromatic rings. The first-order valence-electron chi connectivity index (χ1n) is 4.38. The van der Waals surface area contributed by atoms with Crippen molar-refractivity contribution in [3.8, 4) is 11.5 Å². The van der Waals surface area contributed by atoms with Gasteiger partial charge in [0.25, 0.3) is 0 Å². The molecule has 0 radical (unpaired) electrons. The van der Waals surface area contributed by atoms with Crippen LogP contribution >= 0.6 is 11.6 Å². The van der Waals surface area contributed by atoms with Crippen molar-refractivity contribution in [3.63, 3.8) is 0 Å². The summed E-state index contributed by atoms with van der Waals surface area (Å²) in [5.74, 6) is -1.54. The van der Waals surface area contributed by atoms with E-state index in [0.29, 0.717) is 0 Å². The molecule has 1 heterocycles. The van der Waals surface area contributed by atoms with Crippen molar-refractivity contribution < 1.29 is 29.3 Å². The van der Waals surface area contributed by atoms with Crippen molar-refractivity contribution >= 4 is 24.3 Å². The Kier molecular flexibility index (Phi) is 2.45. The van der Waals surface area contributed by atoms with Crippen LogP contribution in [0, 0.1) is 0 Å². The Morgan fingerprint density at radius 1 is 1.38 bits per heavy atom. The lowest BCUT2D eigenvalue weighted by Gasteiger charge is -2.37. The second-order valence-corrected chi connectivity index (χ2v) is 3.75. The van der Waals surface area contributed by atoms with Gasteiger partial charge in [0.1, 0.15) is 11.3 Å². The molecule has 0 saturated heterocycles. The smallest absolute Gasteiger partial charge is 0.467 e. The second-order valence-electron chi connectivity index (χ2n) is 3.35. The number of carboxylic acids is 1. The zero-order valence-electron chi connectivity index (χ0n) is 7.88. The fourth-order valence-corrected chi connectivity index (χ4v) is 1.58. The van der Waals surface area contributed by atoms with Crippen LogP contribution in [0.1, 0.15) is 10.4 Å². The topological polar surface area (TPSA) is 96.2 Å². The van der Waals surface area contributed by atoms with E-state index in [0.717, 1.165) is 0 Å². The van der Waals surface area contributed by atoms with Gasteiger partial charge in [-0.3, -0.25) is 0 Å². The molecular weight excluding hydrogens is 238 g/mol. The highest BCUT2D eigenvalue weighted by Crippen LogP contribution is 2.41. The summed E-state index contributed by atoms with van der Waals surface area (Å²) in [6.07, 6.45) is 0. The normalized spacial score (nSPS) is 16.9. The van der Waals surface area contributed by atoms with Gasteiger partial charge in [-0.2, -0.15) is 0 Å². The van der Waals surface area contributed by atoms with Gasteiger partial charge in [-0.05, 0) is 12.1 Å². The largest absolute Gasteiger partial charge is 0.665 e. The van der Waals surface area contributed by atoms with Gasteiger partial charge in [0, 0.05) is 0 Å². The Labute approximate surface area is 95.0 Å². The van der Waals surface area contributed by atoms with Gasteiger partial charge < -0.3 is 24.5 Å². The molecule has 0 saturated carbocycles. The number of benzene rings is 1. The number of carboxylic acid groups (broad SMARTS) is 1. The molecule has 0 aromatic heterocycles. The Morgan fingerprint density at radius 2 is 2.06 bits per heavy atom. The predicted molar refractivity (Wildman–Crippen MR) is 54.7 cm³/mol. The number of fused-ring (bicyclic) bond motifs is 1. The molecule has 0 aliphatic carbocycles. The van der Waals surface area contributed by atoms with Crippen LogP contribution in [0.4, 0.5) is 0 Å². The van der Waals surface area contributed by atoms with Crippen LogP contribution in [0.3, 0.4) is 0 Å². The number of ether oxygens (including phenoxy) is 1. The average Bonchev–Trinajstić information content (AvgIpc) is 2.15. The van der Waals surface area contributed by atoms with E-state index in [-0.39, 0.29) is 22.1 Å². The molecule has 6 nitrogen and oxygen atoms in total. The van der Waals surface area contributed by atoms with Crippen LogP contribution in [0.25, 0.3) is 0 Å². The first-order valence-corrected chi connectivity index (χ1v) is 4.76. The number of rotatable bonds is 1. The monoisotopic (exact) mass is 245 g/mol. The molecule has 0 fully saturated rings. The molecule has 0 spiro atoms. The number of hydrogen-bond donors (Lipinski definition) is 3. The van der Waals surface area contributed by atoms with E-state index in [2.05, 4.69) is 0 Å². The minimum atomic E-state index is -3.20. The average molecular weight is 245 g/mol. The summed E-state index contributed by atoms with van der Waals surface area (Å²) in [7, 11) is 0. The molecule has 0 atom stereocenters. The maximum Gasteiger partial charge on any atom is 0.467 e. The minimum absolute atomic E-state index is 0.00201. The van der Waals surface area contributed by atoms with Crippen LogP contribution in [-0.4, -0.2) is 34.4 Å². The quantitative estimate of drug-likeness (QED) is 0.615. The Morgan fingerprint density at radius 3 is 2.69 bits per heavy atom. The summed E-state index contributed by atoms with van der Waals surface area (Å²) >= 11 is 5.76. The first kappa shape index (κ1) is 11.1. The van der Waals surface area contributed by atoms with Gasteiger partial charge in [0.05, 0.1) is 11.5 Å². The maximum atomic E-state index is 10.9. The molecule has 3 N–H and O–H groups in total. The summed E-state index contributed by atoms with van der Waals surface area (Å²) in [4.78, 5) is 10.9. The molecule has 0 amide bonds. The molecule has 1 aliphatic heterocycles. The highest BCUT2D eigenvalue weighted by molar-refractivity contribution is 6.59. The number of carbonyl (C=O) groups is 1. The van der Waals surface area contributed by atoms with Gasteiger partial charge in [0.2, 0.25) is 0 Å². The van der Waals surface area contributed by atoms with Gasteiger partial charge in [0.15, 0.2) is 5.75 Å². The Bertz CT molecular complexity index is 460.